The second-order valence-electron chi connectivity index (χ2n) is 5.78. The molecule has 0 aromatic heterocycles. The lowest BCUT2D eigenvalue weighted by atomic mass is 10.1. The first-order chi connectivity index (χ1) is 9.56. The average molecular weight is 278 g/mol. The zero-order chi connectivity index (χ0) is 14.5. The molecule has 0 radical (unpaired) electrons. The van der Waals surface area contributed by atoms with Crippen molar-refractivity contribution in [2.45, 2.75) is 45.3 Å². The highest BCUT2D eigenvalue weighted by atomic mass is 16.5. The smallest absolute Gasteiger partial charge is 0.146 e. The third-order valence-electron chi connectivity index (χ3n) is 3.74. The molecule has 0 spiro atoms. The summed E-state index contributed by atoms with van der Waals surface area (Å²) in [5, 5.41) is 0. The highest BCUT2D eigenvalue weighted by Crippen LogP contribution is 2.28. The molecule has 2 N–H and O–H groups in total. The van der Waals surface area contributed by atoms with Crippen molar-refractivity contribution in [1.82, 2.24) is 4.90 Å². The van der Waals surface area contributed by atoms with Crippen molar-refractivity contribution in [1.29, 1.82) is 0 Å². The quantitative estimate of drug-likeness (QED) is 0.813. The van der Waals surface area contributed by atoms with Gasteiger partial charge in [0.05, 0.1) is 18.4 Å². The molecule has 20 heavy (non-hydrogen) atoms. The summed E-state index contributed by atoms with van der Waals surface area (Å²) in [7, 11) is 2.19. The molecule has 1 aromatic carbocycles. The number of nitrogens with two attached hydrogens (primary N) is 1. The minimum atomic E-state index is 0.111. The highest BCUT2D eigenvalue weighted by Gasteiger charge is 2.20. The summed E-state index contributed by atoms with van der Waals surface area (Å²) in [5.74, 6) is 1.53. The third-order valence-corrected chi connectivity index (χ3v) is 3.74. The van der Waals surface area contributed by atoms with Gasteiger partial charge in [0.25, 0.3) is 0 Å². The molecule has 0 bridgehead atoms. The fraction of sp³-hybridized carbons (Fsp3) is 0.625. The van der Waals surface area contributed by atoms with E-state index in [1.165, 1.54) is 19.4 Å². The Morgan fingerprint density at radius 1 is 1.40 bits per heavy atom. The topological polar surface area (TPSA) is 47.7 Å². The summed E-state index contributed by atoms with van der Waals surface area (Å²) in [6, 6.07) is 6.29. The molecule has 0 aliphatic carbocycles. The standard InChI is InChI=1S/C16H26N2O2/c1-12(2)20-16-11-14(6-7-15(16)17)19-10-8-13-5-4-9-18(13)3/h6-7,11-13H,4-5,8-10,17H2,1-3H3. The Bertz CT molecular complexity index is 434. The van der Waals surface area contributed by atoms with Crippen LogP contribution in [0.1, 0.15) is 33.1 Å². The maximum atomic E-state index is 5.90. The number of nitrogens with zero attached hydrogens (tertiary/aromatic N) is 1. The van der Waals surface area contributed by atoms with Crippen LogP contribution in [0.5, 0.6) is 11.5 Å². The molecule has 0 amide bonds. The number of hydrogen-bond donors (Lipinski definition) is 1. The minimum absolute atomic E-state index is 0.111. The number of benzene rings is 1. The second-order valence-corrected chi connectivity index (χ2v) is 5.78. The molecule has 1 aliphatic rings. The van der Waals surface area contributed by atoms with Crippen molar-refractivity contribution in [3.8, 4) is 11.5 Å². The summed E-state index contributed by atoms with van der Waals surface area (Å²) in [6.07, 6.45) is 3.76. The highest BCUT2D eigenvalue weighted by molar-refractivity contribution is 5.55. The number of rotatable bonds is 6. The molecule has 1 saturated heterocycles. The van der Waals surface area contributed by atoms with Crippen molar-refractivity contribution in [3.63, 3.8) is 0 Å². The number of likely N-dealkylation sites (tertiary alicyclic amines) is 1. The van der Waals surface area contributed by atoms with Gasteiger partial charge in [0.1, 0.15) is 11.5 Å². The maximum absolute atomic E-state index is 5.90. The van der Waals surface area contributed by atoms with Gasteiger partial charge < -0.3 is 20.1 Å². The van der Waals surface area contributed by atoms with E-state index in [2.05, 4.69) is 11.9 Å². The Labute approximate surface area is 121 Å². The van der Waals surface area contributed by atoms with Crippen LogP contribution in [0, 0.1) is 0 Å². The van der Waals surface area contributed by atoms with Crippen LogP contribution >= 0.6 is 0 Å². The van der Waals surface area contributed by atoms with Crippen molar-refractivity contribution in [3.05, 3.63) is 18.2 Å². The lowest BCUT2D eigenvalue weighted by molar-refractivity contribution is 0.228. The molecule has 1 aliphatic heterocycles. The third kappa shape index (κ3) is 4.04. The van der Waals surface area contributed by atoms with Gasteiger partial charge in [-0.15, -0.1) is 0 Å². The van der Waals surface area contributed by atoms with Crippen molar-refractivity contribution in [2.75, 3.05) is 25.9 Å². The molecule has 1 fully saturated rings. The lowest BCUT2D eigenvalue weighted by Gasteiger charge is -2.19. The van der Waals surface area contributed by atoms with Crippen LogP contribution in [-0.2, 0) is 0 Å². The molecule has 2 rings (SSSR count). The molecule has 4 nitrogen and oxygen atoms in total. The van der Waals surface area contributed by atoms with E-state index in [0.717, 1.165) is 18.8 Å². The van der Waals surface area contributed by atoms with Gasteiger partial charge in [-0.25, -0.2) is 0 Å². The maximum Gasteiger partial charge on any atom is 0.146 e. The zero-order valence-electron chi connectivity index (χ0n) is 12.8. The molecule has 112 valence electrons. The first-order valence-corrected chi connectivity index (χ1v) is 7.45. The van der Waals surface area contributed by atoms with E-state index in [9.17, 15) is 0 Å². The van der Waals surface area contributed by atoms with Gasteiger partial charge in [-0.05, 0) is 58.8 Å². The zero-order valence-corrected chi connectivity index (χ0v) is 12.8. The molecule has 1 unspecified atom stereocenters. The van der Waals surface area contributed by atoms with E-state index in [0.29, 0.717) is 17.5 Å². The molecule has 1 heterocycles. The first kappa shape index (κ1) is 15.0. The van der Waals surface area contributed by atoms with Crippen LogP contribution in [0.25, 0.3) is 0 Å². The van der Waals surface area contributed by atoms with Crippen LogP contribution in [-0.4, -0.2) is 37.2 Å². The van der Waals surface area contributed by atoms with Crippen molar-refractivity contribution < 1.29 is 9.47 Å². The van der Waals surface area contributed by atoms with E-state index in [1.807, 2.05) is 32.0 Å². The van der Waals surface area contributed by atoms with Gasteiger partial charge in [0, 0.05) is 12.1 Å². The summed E-state index contributed by atoms with van der Waals surface area (Å²) in [5.41, 5.74) is 6.55. The Hall–Kier alpha value is -1.42. The molecule has 4 heteroatoms. The number of hydrogen-bond acceptors (Lipinski definition) is 4. The number of ether oxygens (including phenoxy) is 2. The molecule has 1 aromatic rings. The number of anilines is 1. The van der Waals surface area contributed by atoms with Crippen LogP contribution in [0.2, 0.25) is 0 Å². The van der Waals surface area contributed by atoms with Crippen molar-refractivity contribution >= 4 is 5.69 Å². The van der Waals surface area contributed by atoms with Gasteiger partial charge in [0.15, 0.2) is 0 Å². The molecule has 0 saturated carbocycles. The summed E-state index contributed by atoms with van der Waals surface area (Å²) in [4.78, 5) is 2.42. The monoisotopic (exact) mass is 278 g/mol. The van der Waals surface area contributed by atoms with E-state index >= 15 is 0 Å². The molecular weight excluding hydrogens is 252 g/mol. The Kier molecular flexibility index (Phi) is 5.12. The van der Waals surface area contributed by atoms with E-state index in [-0.39, 0.29) is 6.10 Å². The lowest BCUT2D eigenvalue weighted by Crippen LogP contribution is -2.26. The molecule has 1 atom stereocenters. The minimum Gasteiger partial charge on any atom is -0.493 e. The fourth-order valence-corrected chi connectivity index (χ4v) is 2.62. The van der Waals surface area contributed by atoms with E-state index in [4.69, 9.17) is 15.2 Å². The van der Waals surface area contributed by atoms with Gasteiger partial charge in [0.2, 0.25) is 0 Å². The summed E-state index contributed by atoms with van der Waals surface area (Å²) >= 11 is 0. The van der Waals surface area contributed by atoms with Gasteiger partial charge >= 0.3 is 0 Å². The van der Waals surface area contributed by atoms with Crippen molar-refractivity contribution in [2.24, 2.45) is 0 Å². The normalized spacial score (nSPS) is 19.5. The Morgan fingerprint density at radius 2 is 2.20 bits per heavy atom. The first-order valence-electron chi connectivity index (χ1n) is 7.45. The average Bonchev–Trinajstić information content (AvgIpc) is 2.79. The SMILES string of the molecule is CC(C)Oc1cc(OCCC2CCCN2C)ccc1N. The summed E-state index contributed by atoms with van der Waals surface area (Å²) in [6.45, 7) is 5.92. The largest absolute Gasteiger partial charge is 0.493 e. The van der Waals surface area contributed by atoms with Gasteiger partial charge in [-0.3, -0.25) is 0 Å². The van der Waals surface area contributed by atoms with Gasteiger partial charge in [-0.2, -0.15) is 0 Å². The van der Waals surface area contributed by atoms with Gasteiger partial charge in [-0.1, -0.05) is 0 Å². The fourth-order valence-electron chi connectivity index (χ4n) is 2.62. The number of nitrogen functional groups attached to an aromatic ring is 1. The Balaban J connectivity index is 1.86. The second kappa shape index (κ2) is 6.84. The predicted molar refractivity (Wildman–Crippen MR) is 82.4 cm³/mol. The van der Waals surface area contributed by atoms with Crippen LogP contribution in [0.3, 0.4) is 0 Å². The predicted octanol–water partition coefficient (Wildman–Crippen LogP) is 2.92. The van der Waals surface area contributed by atoms with Crippen LogP contribution in [0.4, 0.5) is 5.69 Å². The van der Waals surface area contributed by atoms with E-state index in [1.54, 1.807) is 0 Å². The Morgan fingerprint density at radius 3 is 2.85 bits per heavy atom. The van der Waals surface area contributed by atoms with Crippen LogP contribution in [0.15, 0.2) is 18.2 Å². The van der Waals surface area contributed by atoms with E-state index < -0.39 is 0 Å². The van der Waals surface area contributed by atoms with Crippen LogP contribution < -0.4 is 15.2 Å². The molecular formula is C16H26N2O2. The summed E-state index contributed by atoms with van der Waals surface area (Å²) < 4.78 is 11.5.